The maximum absolute atomic E-state index is 13.9. The molecule has 0 bridgehead atoms. The second-order valence-corrected chi connectivity index (χ2v) is 9.37. The van der Waals surface area contributed by atoms with Gasteiger partial charge in [-0.15, -0.1) is 0 Å². The molecule has 2 N–H and O–H groups in total. The van der Waals surface area contributed by atoms with Crippen LogP contribution in [0.15, 0.2) is 72.8 Å². The number of aromatic nitrogens is 2. The van der Waals surface area contributed by atoms with Crippen LogP contribution in [0.3, 0.4) is 0 Å². The number of amides is 1. The molecule has 1 amide bonds. The van der Waals surface area contributed by atoms with Crippen molar-refractivity contribution in [2.45, 2.75) is 32.0 Å². The monoisotopic (exact) mass is 573 g/mol. The largest absolute Gasteiger partial charge is 0.478 e. The maximum atomic E-state index is 13.9. The predicted molar refractivity (Wildman–Crippen MR) is 139 cm³/mol. The van der Waals surface area contributed by atoms with Crippen LogP contribution in [-0.4, -0.2) is 26.8 Å². The number of halogens is 5. The summed E-state index contributed by atoms with van der Waals surface area (Å²) in [5, 5.41) is 16.2. The van der Waals surface area contributed by atoms with Crippen LogP contribution in [-0.2, 0) is 19.1 Å². The molecule has 0 unspecified atom stereocenters. The van der Waals surface area contributed by atoms with Crippen LogP contribution in [0.1, 0.15) is 57.3 Å². The summed E-state index contributed by atoms with van der Waals surface area (Å²) in [5.41, 5.74) is -0.557. The quantitative estimate of drug-likeness (QED) is 0.218. The first-order valence-electron chi connectivity index (χ1n) is 12.2. The van der Waals surface area contributed by atoms with Crippen molar-refractivity contribution in [3.63, 3.8) is 0 Å². The number of benzene rings is 3. The number of nitrogens with one attached hydrogen (secondary N) is 1. The molecule has 0 saturated heterocycles. The van der Waals surface area contributed by atoms with Crippen LogP contribution in [0.5, 0.6) is 11.6 Å². The number of alkyl halides is 5. The lowest BCUT2D eigenvalue weighted by atomic mass is 10.0. The van der Waals surface area contributed by atoms with Crippen LogP contribution in [0.25, 0.3) is 11.3 Å². The van der Waals surface area contributed by atoms with Gasteiger partial charge in [0.2, 0.25) is 5.88 Å². The Hall–Kier alpha value is -4.74. The lowest BCUT2D eigenvalue weighted by molar-refractivity contribution is -0.137. The Bertz CT molecular complexity index is 1570. The summed E-state index contributed by atoms with van der Waals surface area (Å²) in [6.45, 7) is 2.37. The highest BCUT2D eigenvalue weighted by molar-refractivity contribution is 6.02. The molecule has 0 spiro atoms. The Morgan fingerprint density at radius 3 is 2.15 bits per heavy atom. The molecule has 1 atom stereocenters. The fourth-order valence-corrected chi connectivity index (χ4v) is 4.06. The summed E-state index contributed by atoms with van der Waals surface area (Å²) in [7, 11) is 1.44. The van der Waals surface area contributed by atoms with Gasteiger partial charge in [0, 0.05) is 25.1 Å². The summed E-state index contributed by atoms with van der Waals surface area (Å²) in [6, 6.07) is 14.3. The molecule has 0 saturated carbocycles. The Balaban J connectivity index is 1.75. The third-order valence-corrected chi connectivity index (χ3v) is 6.27. The number of aromatic carboxylic acids is 1. The van der Waals surface area contributed by atoms with E-state index >= 15 is 0 Å². The summed E-state index contributed by atoms with van der Waals surface area (Å²) < 4.78 is 74.3. The molecule has 0 aliphatic rings. The van der Waals surface area contributed by atoms with Crippen molar-refractivity contribution in [2.75, 3.05) is 0 Å². The first-order valence-corrected chi connectivity index (χ1v) is 12.2. The second-order valence-electron chi connectivity index (χ2n) is 9.37. The molecule has 0 aliphatic carbocycles. The fourth-order valence-electron chi connectivity index (χ4n) is 4.06. The molecular formula is C29H24F5N3O4. The molecule has 1 aromatic heterocycles. The van der Waals surface area contributed by atoms with Crippen LogP contribution < -0.4 is 10.1 Å². The SMILES string of the molecule is C[C@H](NC(=O)c1c(-c2ccc(C(F)(F)F)cc2)nn(C)c1Oc1cccc(C(C)(F)F)c1)c1ccc(C(=O)O)cc1. The molecule has 12 heteroatoms. The van der Waals surface area contributed by atoms with E-state index in [1.807, 2.05) is 0 Å². The van der Waals surface area contributed by atoms with Crippen LogP contribution in [0.2, 0.25) is 0 Å². The third-order valence-electron chi connectivity index (χ3n) is 6.27. The van der Waals surface area contributed by atoms with Gasteiger partial charge in [-0.05, 0) is 48.9 Å². The first kappa shape index (κ1) is 29.2. The van der Waals surface area contributed by atoms with Crippen molar-refractivity contribution in [3.8, 4) is 22.9 Å². The fraction of sp³-hybridized carbons (Fsp3) is 0.207. The minimum atomic E-state index is -4.57. The maximum Gasteiger partial charge on any atom is 0.416 e. The number of carboxylic acids is 1. The average molecular weight is 574 g/mol. The molecule has 214 valence electrons. The molecule has 4 aromatic rings. The van der Waals surface area contributed by atoms with Gasteiger partial charge in [0.05, 0.1) is 17.2 Å². The van der Waals surface area contributed by atoms with Gasteiger partial charge in [-0.25, -0.2) is 18.3 Å². The zero-order valence-corrected chi connectivity index (χ0v) is 22.0. The lowest BCUT2D eigenvalue weighted by Crippen LogP contribution is -2.27. The van der Waals surface area contributed by atoms with E-state index in [4.69, 9.17) is 9.84 Å². The number of aryl methyl sites for hydroxylation is 1. The van der Waals surface area contributed by atoms with E-state index in [-0.39, 0.29) is 39.6 Å². The van der Waals surface area contributed by atoms with Crippen LogP contribution >= 0.6 is 0 Å². The number of hydrogen-bond donors (Lipinski definition) is 2. The standard InChI is InChI=1S/C29H24F5N3O4/c1-16(17-7-9-19(10-8-17)27(39)40)35-25(38)23-24(18-11-13-20(14-12-18)29(32,33)34)36-37(3)26(23)41-22-6-4-5-21(15-22)28(2,30)31/h4-16H,1-3H3,(H,35,38)(H,39,40)/t16-/m0/s1. The van der Waals surface area contributed by atoms with E-state index in [9.17, 15) is 31.5 Å². The molecule has 41 heavy (non-hydrogen) atoms. The lowest BCUT2D eigenvalue weighted by Gasteiger charge is -2.16. The highest BCUT2D eigenvalue weighted by Gasteiger charge is 2.32. The Morgan fingerprint density at radius 2 is 1.59 bits per heavy atom. The minimum Gasteiger partial charge on any atom is -0.478 e. The van der Waals surface area contributed by atoms with E-state index in [2.05, 4.69) is 10.4 Å². The van der Waals surface area contributed by atoms with Gasteiger partial charge in [0.15, 0.2) is 0 Å². The average Bonchev–Trinajstić information content (AvgIpc) is 3.23. The Labute approximate surface area is 231 Å². The van der Waals surface area contributed by atoms with Gasteiger partial charge in [-0.3, -0.25) is 4.79 Å². The van der Waals surface area contributed by atoms with Crippen molar-refractivity contribution >= 4 is 11.9 Å². The van der Waals surface area contributed by atoms with Gasteiger partial charge in [0.1, 0.15) is 17.0 Å². The summed E-state index contributed by atoms with van der Waals surface area (Å²) >= 11 is 0. The molecule has 1 heterocycles. The van der Waals surface area contributed by atoms with E-state index in [1.165, 1.54) is 54.2 Å². The van der Waals surface area contributed by atoms with Crippen LogP contribution in [0.4, 0.5) is 22.0 Å². The predicted octanol–water partition coefficient (Wildman–Crippen LogP) is 7.20. The van der Waals surface area contributed by atoms with Crippen molar-refractivity contribution < 1.29 is 41.4 Å². The Kier molecular flexibility index (Phi) is 7.87. The van der Waals surface area contributed by atoms with Gasteiger partial charge in [0.25, 0.3) is 11.8 Å². The van der Waals surface area contributed by atoms with E-state index in [0.717, 1.165) is 37.3 Å². The van der Waals surface area contributed by atoms with E-state index < -0.39 is 35.6 Å². The Morgan fingerprint density at radius 1 is 0.951 bits per heavy atom. The second kappa shape index (κ2) is 11.0. The topological polar surface area (TPSA) is 93.5 Å². The number of nitrogens with zero attached hydrogens (tertiary/aromatic N) is 2. The molecule has 4 rings (SSSR count). The van der Waals surface area contributed by atoms with Gasteiger partial charge < -0.3 is 15.2 Å². The zero-order chi connectivity index (χ0) is 30.1. The number of rotatable bonds is 8. The van der Waals surface area contributed by atoms with Crippen molar-refractivity contribution in [2.24, 2.45) is 7.05 Å². The van der Waals surface area contributed by atoms with Crippen molar-refractivity contribution in [3.05, 3.63) is 101 Å². The molecule has 0 aliphatic heterocycles. The number of carboxylic acid groups (broad SMARTS) is 1. The van der Waals surface area contributed by atoms with E-state index in [0.29, 0.717) is 5.56 Å². The van der Waals surface area contributed by atoms with Crippen molar-refractivity contribution in [1.82, 2.24) is 15.1 Å². The summed E-state index contributed by atoms with van der Waals surface area (Å²) in [5.74, 6) is -5.14. The molecule has 0 radical (unpaired) electrons. The number of ether oxygens (including phenoxy) is 1. The molecule has 7 nitrogen and oxygen atoms in total. The summed E-state index contributed by atoms with van der Waals surface area (Å²) in [6.07, 6.45) is -4.57. The van der Waals surface area contributed by atoms with Gasteiger partial charge >= 0.3 is 12.1 Å². The minimum absolute atomic E-state index is 0.000810. The highest BCUT2D eigenvalue weighted by Crippen LogP contribution is 2.37. The van der Waals surface area contributed by atoms with Crippen LogP contribution in [0, 0.1) is 0 Å². The smallest absolute Gasteiger partial charge is 0.416 e. The first-order chi connectivity index (χ1) is 19.1. The van der Waals surface area contributed by atoms with Gasteiger partial charge in [-0.2, -0.15) is 18.3 Å². The third kappa shape index (κ3) is 6.53. The van der Waals surface area contributed by atoms with E-state index in [1.54, 1.807) is 6.92 Å². The molecule has 3 aromatic carbocycles. The number of carbonyl (C=O) groups is 2. The number of hydrogen-bond acceptors (Lipinski definition) is 4. The highest BCUT2D eigenvalue weighted by atomic mass is 19.4. The normalized spacial score (nSPS) is 12.6. The van der Waals surface area contributed by atoms with Gasteiger partial charge in [-0.1, -0.05) is 36.4 Å². The van der Waals surface area contributed by atoms with Crippen molar-refractivity contribution in [1.29, 1.82) is 0 Å². The molecule has 0 fully saturated rings. The number of carbonyl (C=O) groups excluding carboxylic acids is 1. The zero-order valence-electron chi connectivity index (χ0n) is 22.0. The summed E-state index contributed by atoms with van der Waals surface area (Å²) in [4.78, 5) is 24.8. The molecular weight excluding hydrogens is 549 g/mol.